The second-order valence-electron chi connectivity index (χ2n) is 3.69. The lowest BCUT2D eigenvalue weighted by molar-refractivity contribution is 0.322. The van der Waals surface area contributed by atoms with Crippen molar-refractivity contribution in [2.24, 2.45) is 5.41 Å². The molecule has 0 saturated carbocycles. The molecule has 0 bridgehead atoms. The molecule has 0 amide bonds. The summed E-state index contributed by atoms with van der Waals surface area (Å²) < 4.78 is 0. The minimum absolute atomic E-state index is 0.142. The first-order chi connectivity index (χ1) is 4.49. The maximum atomic E-state index is 9.24. The highest BCUT2D eigenvalue weighted by atomic mass is 16.3. The van der Waals surface area contributed by atoms with Gasteiger partial charge < -0.3 is 5.11 Å². The van der Waals surface area contributed by atoms with Gasteiger partial charge in [0.15, 0.2) is 0 Å². The molecule has 10 heavy (non-hydrogen) atoms. The Balaban J connectivity index is 2.88. The smallest absolute Gasteiger partial charge is 0.0933 e. The molecule has 1 aliphatic rings. The highest BCUT2D eigenvalue weighted by molar-refractivity contribution is 5.26. The van der Waals surface area contributed by atoms with Crippen molar-refractivity contribution >= 4 is 0 Å². The predicted octanol–water partition coefficient (Wildman–Crippen LogP) is 2.80. The molecule has 0 saturated heterocycles. The Labute approximate surface area is 62.1 Å². The largest absolute Gasteiger partial charge is 0.512 e. The Morgan fingerprint density at radius 1 is 1.50 bits per heavy atom. The van der Waals surface area contributed by atoms with Crippen molar-refractivity contribution in [2.45, 2.75) is 27.2 Å². The molecule has 0 heterocycles. The van der Waals surface area contributed by atoms with E-state index in [1.165, 1.54) is 0 Å². The lowest BCUT2D eigenvalue weighted by Gasteiger charge is -2.24. The molecule has 0 aromatic carbocycles. The van der Waals surface area contributed by atoms with Crippen LogP contribution in [-0.2, 0) is 0 Å². The van der Waals surface area contributed by atoms with E-state index in [2.05, 4.69) is 19.9 Å². The van der Waals surface area contributed by atoms with Gasteiger partial charge in [-0.15, -0.1) is 0 Å². The summed E-state index contributed by atoms with van der Waals surface area (Å²) in [6.07, 6.45) is 4.78. The summed E-state index contributed by atoms with van der Waals surface area (Å²) in [7, 11) is 0. The van der Waals surface area contributed by atoms with Gasteiger partial charge in [0, 0.05) is 6.42 Å². The fraction of sp³-hybridized carbons (Fsp3) is 0.556. The molecule has 0 spiro atoms. The molecule has 0 aromatic rings. The van der Waals surface area contributed by atoms with E-state index in [0.717, 1.165) is 12.0 Å². The van der Waals surface area contributed by atoms with E-state index >= 15 is 0 Å². The monoisotopic (exact) mass is 138 g/mol. The van der Waals surface area contributed by atoms with Gasteiger partial charge in [-0.2, -0.15) is 0 Å². The number of aliphatic hydroxyl groups is 1. The number of hydrogen-bond acceptors (Lipinski definition) is 1. The minimum atomic E-state index is 0.142. The fourth-order valence-electron chi connectivity index (χ4n) is 1.49. The minimum Gasteiger partial charge on any atom is -0.512 e. The number of rotatable bonds is 0. The van der Waals surface area contributed by atoms with E-state index in [4.69, 9.17) is 0 Å². The van der Waals surface area contributed by atoms with E-state index in [9.17, 15) is 5.11 Å². The van der Waals surface area contributed by atoms with Crippen LogP contribution < -0.4 is 0 Å². The number of hydrogen-bond donors (Lipinski definition) is 1. The quantitative estimate of drug-likeness (QED) is 0.545. The Bertz CT molecular complexity index is 197. The Hall–Kier alpha value is -0.720. The van der Waals surface area contributed by atoms with Crippen molar-refractivity contribution in [3.8, 4) is 0 Å². The first-order valence-corrected chi connectivity index (χ1v) is 3.59. The second-order valence-corrected chi connectivity index (χ2v) is 3.69. The van der Waals surface area contributed by atoms with E-state index in [0.29, 0.717) is 5.76 Å². The highest BCUT2D eigenvalue weighted by Crippen LogP contribution is 2.31. The summed E-state index contributed by atoms with van der Waals surface area (Å²) in [4.78, 5) is 0. The summed E-state index contributed by atoms with van der Waals surface area (Å²) in [5.41, 5.74) is 1.30. The van der Waals surface area contributed by atoms with E-state index in [-0.39, 0.29) is 5.41 Å². The van der Waals surface area contributed by atoms with Crippen LogP contribution in [0.3, 0.4) is 0 Å². The van der Waals surface area contributed by atoms with Gasteiger partial charge >= 0.3 is 0 Å². The van der Waals surface area contributed by atoms with E-state index in [1.54, 1.807) is 0 Å². The van der Waals surface area contributed by atoms with Crippen LogP contribution in [0.1, 0.15) is 27.2 Å². The van der Waals surface area contributed by atoms with Crippen LogP contribution in [-0.4, -0.2) is 5.11 Å². The maximum Gasteiger partial charge on any atom is 0.0933 e. The van der Waals surface area contributed by atoms with Crippen LogP contribution in [0.15, 0.2) is 23.5 Å². The zero-order chi connectivity index (χ0) is 7.78. The summed E-state index contributed by atoms with van der Waals surface area (Å²) >= 11 is 0. The van der Waals surface area contributed by atoms with Gasteiger partial charge in [-0.25, -0.2) is 0 Å². The molecule has 1 nitrogen and oxygen atoms in total. The Morgan fingerprint density at radius 3 is 2.50 bits per heavy atom. The molecule has 0 aromatic heterocycles. The maximum absolute atomic E-state index is 9.24. The van der Waals surface area contributed by atoms with Crippen molar-refractivity contribution < 1.29 is 5.11 Å². The van der Waals surface area contributed by atoms with Gasteiger partial charge in [0.2, 0.25) is 0 Å². The van der Waals surface area contributed by atoms with Crippen LogP contribution in [0.4, 0.5) is 0 Å². The van der Waals surface area contributed by atoms with Gasteiger partial charge in [0.25, 0.3) is 0 Å². The van der Waals surface area contributed by atoms with E-state index in [1.807, 2.05) is 13.0 Å². The zero-order valence-electron chi connectivity index (χ0n) is 6.81. The molecule has 0 unspecified atom stereocenters. The number of aliphatic hydroxyl groups excluding tert-OH is 1. The summed E-state index contributed by atoms with van der Waals surface area (Å²) in [6.45, 7) is 6.26. The predicted molar refractivity (Wildman–Crippen MR) is 42.9 cm³/mol. The first-order valence-electron chi connectivity index (χ1n) is 3.59. The average molecular weight is 138 g/mol. The number of allylic oxidation sites excluding steroid dienone is 4. The lowest BCUT2D eigenvalue weighted by atomic mass is 9.83. The van der Waals surface area contributed by atoms with Gasteiger partial charge in [0.05, 0.1) is 5.76 Å². The lowest BCUT2D eigenvalue weighted by Crippen LogP contribution is -2.12. The first kappa shape index (κ1) is 7.39. The van der Waals surface area contributed by atoms with Crippen molar-refractivity contribution in [1.82, 2.24) is 0 Å². The molecular formula is C9H14O. The van der Waals surface area contributed by atoms with Crippen LogP contribution in [0.25, 0.3) is 0 Å². The SMILES string of the molecule is CC1=CC(C)(C)CC(O)=C1. The second kappa shape index (κ2) is 2.15. The van der Waals surface area contributed by atoms with Crippen molar-refractivity contribution in [2.75, 3.05) is 0 Å². The molecule has 56 valence electrons. The van der Waals surface area contributed by atoms with Crippen molar-refractivity contribution in [3.63, 3.8) is 0 Å². The normalized spacial score (nSPS) is 23.5. The summed E-state index contributed by atoms with van der Waals surface area (Å²) in [5, 5.41) is 9.24. The third kappa shape index (κ3) is 1.63. The van der Waals surface area contributed by atoms with E-state index < -0.39 is 0 Å². The molecular weight excluding hydrogens is 124 g/mol. The van der Waals surface area contributed by atoms with Crippen LogP contribution in [0, 0.1) is 5.41 Å². The van der Waals surface area contributed by atoms with Crippen molar-refractivity contribution in [3.05, 3.63) is 23.5 Å². The summed E-state index contributed by atoms with van der Waals surface area (Å²) in [6, 6.07) is 0. The van der Waals surface area contributed by atoms with Crippen LogP contribution >= 0.6 is 0 Å². The van der Waals surface area contributed by atoms with Gasteiger partial charge in [-0.3, -0.25) is 0 Å². The molecule has 0 radical (unpaired) electrons. The molecule has 1 heteroatoms. The van der Waals surface area contributed by atoms with Crippen molar-refractivity contribution in [1.29, 1.82) is 0 Å². The fourth-order valence-corrected chi connectivity index (χ4v) is 1.49. The topological polar surface area (TPSA) is 20.2 Å². The average Bonchev–Trinajstić information content (AvgIpc) is 1.54. The van der Waals surface area contributed by atoms with Gasteiger partial charge in [-0.1, -0.05) is 25.5 Å². The highest BCUT2D eigenvalue weighted by Gasteiger charge is 2.19. The molecule has 0 atom stereocenters. The molecule has 0 aliphatic heterocycles. The van der Waals surface area contributed by atoms with Crippen LogP contribution in [0.2, 0.25) is 0 Å². The van der Waals surface area contributed by atoms with Gasteiger partial charge in [0.1, 0.15) is 0 Å². The Kier molecular flexibility index (Phi) is 1.59. The third-order valence-electron chi connectivity index (χ3n) is 1.65. The standard InChI is InChI=1S/C9H14O/c1-7-4-8(10)6-9(2,3)5-7/h4-5,10H,6H2,1-3H3. The van der Waals surface area contributed by atoms with Gasteiger partial charge in [-0.05, 0) is 18.4 Å². The Morgan fingerprint density at radius 2 is 2.10 bits per heavy atom. The molecule has 1 rings (SSSR count). The molecule has 0 fully saturated rings. The third-order valence-corrected chi connectivity index (χ3v) is 1.65. The molecule has 1 N–H and O–H groups in total. The zero-order valence-corrected chi connectivity index (χ0v) is 6.81. The molecule has 1 aliphatic carbocycles. The van der Waals surface area contributed by atoms with Crippen LogP contribution in [0.5, 0.6) is 0 Å². The summed E-state index contributed by atoms with van der Waals surface area (Å²) in [5.74, 6) is 0.505.